The third kappa shape index (κ3) is 5.31. The molecule has 0 saturated heterocycles. The summed E-state index contributed by atoms with van der Waals surface area (Å²) in [6.07, 6.45) is 5.06. The number of anilines is 1. The molecular formula is C33H38N2O4S. The molecule has 210 valence electrons. The Kier molecular flexibility index (Phi) is 7.62. The fraction of sp³-hybridized carbons (Fsp3) is 0.394. The molecule has 0 aromatic heterocycles. The first-order chi connectivity index (χ1) is 19.0. The maximum atomic E-state index is 13.8. The lowest BCUT2D eigenvalue weighted by Gasteiger charge is -2.41. The predicted octanol–water partition coefficient (Wildman–Crippen LogP) is 6.36. The lowest BCUT2D eigenvalue weighted by molar-refractivity contribution is -0.121. The van der Waals surface area contributed by atoms with Gasteiger partial charge in [0.25, 0.3) is 15.9 Å². The van der Waals surface area contributed by atoms with Crippen LogP contribution in [0.2, 0.25) is 0 Å². The summed E-state index contributed by atoms with van der Waals surface area (Å²) in [7, 11) is -4.06. The van der Waals surface area contributed by atoms with Crippen molar-refractivity contribution in [3.05, 3.63) is 94.5 Å². The number of amides is 2. The number of hydrogen-bond acceptors (Lipinski definition) is 4. The Balaban J connectivity index is 1.34. The van der Waals surface area contributed by atoms with Gasteiger partial charge in [0.2, 0.25) is 5.91 Å². The largest absolute Gasteiger partial charge is 0.325 e. The second-order valence-electron chi connectivity index (χ2n) is 12.0. The van der Waals surface area contributed by atoms with E-state index in [1.54, 1.807) is 42.5 Å². The van der Waals surface area contributed by atoms with Crippen LogP contribution in [0.15, 0.2) is 71.6 Å². The second kappa shape index (κ2) is 10.8. The van der Waals surface area contributed by atoms with Gasteiger partial charge in [-0.15, -0.1) is 0 Å². The molecular weight excluding hydrogens is 520 g/mol. The van der Waals surface area contributed by atoms with Crippen molar-refractivity contribution >= 4 is 27.5 Å². The first-order valence-corrected chi connectivity index (χ1v) is 15.7. The van der Waals surface area contributed by atoms with E-state index in [1.165, 1.54) is 35.2 Å². The molecule has 2 aliphatic carbocycles. The number of rotatable bonds is 6. The van der Waals surface area contributed by atoms with E-state index < -0.39 is 21.3 Å². The molecule has 0 spiro atoms. The number of fused-ring (bicyclic) bond motifs is 3. The Morgan fingerprint density at radius 2 is 1.65 bits per heavy atom. The van der Waals surface area contributed by atoms with Crippen LogP contribution in [0, 0.1) is 11.8 Å². The molecule has 0 radical (unpaired) electrons. The minimum atomic E-state index is -4.06. The van der Waals surface area contributed by atoms with Crippen LogP contribution in [0.4, 0.5) is 5.69 Å². The Morgan fingerprint density at radius 1 is 0.950 bits per heavy atom. The molecule has 0 fully saturated rings. The van der Waals surface area contributed by atoms with E-state index in [2.05, 4.69) is 42.9 Å². The predicted molar refractivity (Wildman–Crippen MR) is 158 cm³/mol. The highest BCUT2D eigenvalue weighted by Gasteiger charge is 2.42. The average molecular weight is 559 g/mol. The summed E-state index contributed by atoms with van der Waals surface area (Å²) in [4.78, 5) is 26.1. The lowest BCUT2D eigenvalue weighted by atomic mass is 9.64. The number of carbonyl (C=O) groups is 2. The zero-order valence-corrected chi connectivity index (χ0v) is 24.5. The van der Waals surface area contributed by atoms with Crippen molar-refractivity contribution in [1.82, 2.24) is 4.72 Å². The van der Waals surface area contributed by atoms with Gasteiger partial charge in [-0.1, -0.05) is 51.1 Å². The summed E-state index contributed by atoms with van der Waals surface area (Å²) < 4.78 is 27.6. The lowest BCUT2D eigenvalue weighted by Crippen LogP contribution is -2.41. The van der Waals surface area contributed by atoms with E-state index in [9.17, 15) is 18.0 Å². The number of sulfonamides is 1. The second-order valence-corrected chi connectivity index (χ2v) is 13.6. The number of hydrogen-bond donors (Lipinski definition) is 2. The maximum Gasteiger partial charge on any atom is 0.264 e. The summed E-state index contributed by atoms with van der Waals surface area (Å²) >= 11 is 0. The minimum Gasteiger partial charge on any atom is -0.325 e. The third-order valence-corrected chi connectivity index (χ3v) is 10.3. The van der Waals surface area contributed by atoms with Gasteiger partial charge in [0.1, 0.15) is 0 Å². The zero-order chi connectivity index (χ0) is 28.7. The van der Waals surface area contributed by atoms with Crippen LogP contribution in [0.25, 0.3) is 0 Å². The van der Waals surface area contributed by atoms with E-state index in [1.807, 2.05) is 6.92 Å². The van der Waals surface area contributed by atoms with Crippen LogP contribution in [0.5, 0.6) is 0 Å². The van der Waals surface area contributed by atoms with E-state index in [0.29, 0.717) is 23.4 Å². The molecule has 2 N–H and O–H groups in total. The van der Waals surface area contributed by atoms with Gasteiger partial charge in [-0.25, -0.2) is 13.1 Å². The maximum absolute atomic E-state index is 13.8. The van der Waals surface area contributed by atoms with Crippen LogP contribution >= 0.6 is 0 Å². The minimum absolute atomic E-state index is 0.0517. The van der Waals surface area contributed by atoms with Gasteiger partial charge in [-0.2, -0.15) is 0 Å². The summed E-state index contributed by atoms with van der Waals surface area (Å²) in [5.41, 5.74) is 5.46. The van der Waals surface area contributed by atoms with Gasteiger partial charge in [0.05, 0.1) is 10.3 Å². The molecule has 40 heavy (non-hydrogen) atoms. The van der Waals surface area contributed by atoms with Crippen LogP contribution in [-0.2, 0) is 33.1 Å². The van der Waals surface area contributed by atoms with E-state index in [0.717, 1.165) is 31.2 Å². The van der Waals surface area contributed by atoms with Crippen molar-refractivity contribution in [2.45, 2.75) is 76.0 Å². The van der Waals surface area contributed by atoms with E-state index >= 15 is 0 Å². The van der Waals surface area contributed by atoms with Crippen molar-refractivity contribution in [3.63, 3.8) is 0 Å². The van der Waals surface area contributed by atoms with Gasteiger partial charge in [0, 0.05) is 11.3 Å². The van der Waals surface area contributed by atoms with E-state index in [-0.39, 0.29) is 16.4 Å². The monoisotopic (exact) mass is 558 g/mol. The number of carbonyl (C=O) groups excluding carboxylic acids is 2. The molecule has 3 atom stereocenters. The molecule has 0 bridgehead atoms. The number of benzene rings is 3. The molecule has 0 saturated carbocycles. The highest BCUT2D eigenvalue weighted by atomic mass is 32.2. The Morgan fingerprint density at radius 3 is 2.33 bits per heavy atom. The molecule has 5 rings (SSSR count). The van der Waals surface area contributed by atoms with Crippen molar-refractivity contribution in [2.75, 3.05) is 5.32 Å². The van der Waals surface area contributed by atoms with Gasteiger partial charge in [-0.3, -0.25) is 9.59 Å². The van der Waals surface area contributed by atoms with Gasteiger partial charge < -0.3 is 5.32 Å². The summed E-state index contributed by atoms with van der Waals surface area (Å²) in [6, 6.07) is 18.5. The van der Waals surface area contributed by atoms with E-state index in [4.69, 9.17) is 0 Å². The topological polar surface area (TPSA) is 92.3 Å². The highest BCUT2D eigenvalue weighted by molar-refractivity contribution is 7.90. The van der Waals surface area contributed by atoms with Gasteiger partial charge in [0.15, 0.2) is 0 Å². The molecule has 3 unspecified atom stereocenters. The van der Waals surface area contributed by atoms with Crippen LogP contribution in [-0.4, -0.2) is 20.2 Å². The Bertz CT molecular complexity index is 1530. The number of nitrogens with one attached hydrogen (secondary N) is 2. The first kappa shape index (κ1) is 28.1. The molecule has 0 aliphatic heterocycles. The highest BCUT2D eigenvalue weighted by Crippen LogP contribution is 2.47. The average Bonchev–Trinajstić information content (AvgIpc) is 2.94. The Hall–Kier alpha value is -3.45. The zero-order valence-electron chi connectivity index (χ0n) is 23.7. The van der Waals surface area contributed by atoms with Crippen molar-refractivity contribution < 1.29 is 18.0 Å². The van der Waals surface area contributed by atoms with Crippen LogP contribution in [0.3, 0.4) is 0 Å². The van der Waals surface area contributed by atoms with Crippen molar-refractivity contribution in [2.24, 2.45) is 11.8 Å². The van der Waals surface area contributed by atoms with Gasteiger partial charge in [-0.05, 0) is 115 Å². The first-order valence-electron chi connectivity index (χ1n) is 14.2. The van der Waals surface area contributed by atoms with Crippen LogP contribution < -0.4 is 10.0 Å². The molecule has 0 heterocycles. The quantitative estimate of drug-likeness (QED) is 0.368. The molecule has 3 aromatic rings. The normalized spacial score (nSPS) is 22.2. The summed E-state index contributed by atoms with van der Waals surface area (Å²) in [5.74, 6) is 0.996. The fourth-order valence-corrected chi connectivity index (χ4v) is 7.33. The smallest absolute Gasteiger partial charge is 0.264 e. The van der Waals surface area contributed by atoms with Crippen molar-refractivity contribution in [3.8, 4) is 0 Å². The third-order valence-electron chi connectivity index (χ3n) is 9.00. The van der Waals surface area contributed by atoms with Crippen molar-refractivity contribution in [1.29, 1.82) is 0 Å². The molecule has 6 nitrogen and oxygen atoms in total. The standard InChI is InChI=1S/C33H38N2O4S/c1-21(2)24-10-16-28-25(20-24)11-17-29-30(28)22(3)18-19-33(29,4)32(37)34-26-12-14-27(15-13-26)40(38,39)35-31(36)23-8-6-5-7-9-23/h5-9,11-15,17,21-22,24H,10,16,18-20H2,1-4H3,(H,34,37)(H,35,36). The molecule has 3 aromatic carbocycles. The van der Waals surface area contributed by atoms with Gasteiger partial charge >= 0.3 is 0 Å². The molecule has 7 heteroatoms. The summed E-state index contributed by atoms with van der Waals surface area (Å²) in [5, 5.41) is 3.03. The molecule has 2 aliphatic rings. The van der Waals surface area contributed by atoms with Crippen LogP contribution in [0.1, 0.15) is 85.5 Å². The Labute approximate surface area is 237 Å². The SMILES string of the molecule is CC1CCC(C)(C(=O)Nc2ccc(S(=O)(=O)NC(=O)c3ccccc3)cc2)c2ccc3c(c21)CCC(C(C)C)C3. The molecule has 2 amide bonds. The fourth-order valence-electron chi connectivity index (χ4n) is 6.36. The summed E-state index contributed by atoms with van der Waals surface area (Å²) in [6.45, 7) is 8.92.